The lowest BCUT2D eigenvalue weighted by molar-refractivity contribution is 0.602. The third-order valence-electron chi connectivity index (χ3n) is 2.73. The minimum atomic E-state index is -3.19. The number of rotatable bonds is 4. The number of terminal acetylenes is 1. The molecule has 0 saturated heterocycles. The van der Waals surface area contributed by atoms with Crippen LogP contribution in [0.1, 0.15) is 12.5 Å². The highest BCUT2D eigenvalue weighted by molar-refractivity contribution is 7.90. The van der Waals surface area contributed by atoms with Crippen molar-refractivity contribution >= 4 is 27.1 Å². The van der Waals surface area contributed by atoms with Gasteiger partial charge in [-0.25, -0.2) is 13.4 Å². The molecule has 0 bridgehead atoms. The Morgan fingerprint density at radius 3 is 2.41 bits per heavy atom. The maximum absolute atomic E-state index is 11.4. The van der Waals surface area contributed by atoms with Crippen molar-refractivity contribution < 1.29 is 8.42 Å². The zero-order chi connectivity index (χ0) is 16.8. The molecule has 0 saturated carbocycles. The number of benzene rings is 1. The second kappa shape index (κ2) is 7.38. The molecular formula is C16H17N3O2S. The first-order valence-electron chi connectivity index (χ1n) is 6.29. The fourth-order valence-corrected chi connectivity index (χ4v) is 2.22. The van der Waals surface area contributed by atoms with Gasteiger partial charge in [-0.1, -0.05) is 30.2 Å². The number of guanidine groups is 1. The van der Waals surface area contributed by atoms with Crippen molar-refractivity contribution in [3.63, 3.8) is 0 Å². The maximum atomic E-state index is 11.4. The Morgan fingerprint density at radius 2 is 1.95 bits per heavy atom. The van der Waals surface area contributed by atoms with Gasteiger partial charge < -0.3 is 5.73 Å². The van der Waals surface area contributed by atoms with Crippen molar-refractivity contribution in [2.45, 2.75) is 11.8 Å². The van der Waals surface area contributed by atoms with Gasteiger partial charge in [-0.2, -0.15) is 0 Å². The van der Waals surface area contributed by atoms with Gasteiger partial charge in [-0.15, -0.1) is 6.42 Å². The first-order valence-corrected chi connectivity index (χ1v) is 8.18. The Hall–Kier alpha value is -2.65. The van der Waals surface area contributed by atoms with Crippen molar-refractivity contribution in [1.82, 2.24) is 0 Å². The summed E-state index contributed by atoms with van der Waals surface area (Å²) >= 11 is 0. The zero-order valence-corrected chi connectivity index (χ0v) is 13.2. The number of sulfone groups is 1. The van der Waals surface area contributed by atoms with Crippen LogP contribution < -0.4 is 5.73 Å². The third kappa shape index (κ3) is 5.38. The lowest BCUT2D eigenvalue weighted by atomic mass is 10.1. The molecule has 1 rings (SSSR count). The van der Waals surface area contributed by atoms with Crippen molar-refractivity contribution in [2.75, 3.05) is 6.26 Å². The van der Waals surface area contributed by atoms with E-state index in [0.717, 1.165) is 11.1 Å². The number of nitrogens with one attached hydrogen (secondary N) is 1. The van der Waals surface area contributed by atoms with E-state index in [9.17, 15) is 8.42 Å². The molecule has 0 unspecified atom stereocenters. The Balaban J connectivity index is 2.95. The molecule has 0 aliphatic heterocycles. The van der Waals surface area contributed by atoms with Crippen molar-refractivity contribution in [3.8, 4) is 12.3 Å². The number of aliphatic imine (C=N–C) groups is 1. The second-order valence-electron chi connectivity index (χ2n) is 4.53. The fourth-order valence-electron chi connectivity index (χ4n) is 1.59. The molecule has 0 fully saturated rings. The Morgan fingerprint density at radius 1 is 1.36 bits per heavy atom. The fraction of sp³-hybridized carbons (Fsp3) is 0.125. The number of nitrogens with two attached hydrogens (primary N) is 1. The van der Waals surface area contributed by atoms with Crippen molar-refractivity contribution in [3.05, 3.63) is 48.1 Å². The van der Waals surface area contributed by atoms with Gasteiger partial charge in [0.1, 0.15) is 5.71 Å². The van der Waals surface area contributed by atoms with E-state index >= 15 is 0 Å². The van der Waals surface area contributed by atoms with Gasteiger partial charge >= 0.3 is 0 Å². The molecule has 114 valence electrons. The summed E-state index contributed by atoms with van der Waals surface area (Å²) in [7, 11) is -3.19. The number of hydrogen-bond donors (Lipinski definition) is 2. The van der Waals surface area contributed by atoms with Crippen LogP contribution in [0.4, 0.5) is 0 Å². The summed E-state index contributed by atoms with van der Waals surface area (Å²) in [5.74, 6) is 1.97. The van der Waals surface area contributed by atoms with Gasteiger partial charge in [0.15, 0.2) is 9.84 Å². The van der Waals surface area contributed by atoms with E-state index in [1.165, 1.54) is 6.26 Å². The highest BCUT2D eigenvalue weighted by Crippen LogP contribution is 2.17. The van der Waals surface area contributed by atoms with E-state index in [4.69, 9.17) is 17.6 Å². The van der Waals surface area contributed by atoms with Gasteiger partial charge in [-0.05, 0) is 36.3 Å². The average Bonchev–Trinajstić information content (AvgIpc) is 2.44. The Kier molecular flexibility index (Phi) is 5.84. The van der Waals surface area contributed by atoms with Gasteiger partial charge in [0.05, 0.1) is 4.90 Å². The van der Waals surface area contributed by atoms with Crippen LogP contribution in [-0.4, -0.2) is 26.3 Å². The zero-order valence-electron chi connectivity index (χ0n) is 12.4. The third-order valence-corrected chi connectivity index (χ3v) is 3.86. The molecule has 0 amide bonds. The second-order valence-corrected chi connectivity index (χ2v) is 6.55. The number of allylic oxidation sites excluding steroid dienone is 4. The summed E-state index contributed by atoms with van der Waals surface area (Å²) < 4.78 is 22.8. The SMILES string of the molecule is C#CC(/C=C\C=C(/C)c1ccc(S(C)(=O)=O)cc1)=NC(=N)N. The summed E-state index contributed by atoms with van der Waals surface area (Å²) in [5, 5.41) is 7.05. The number of nitrogens with zero attached hydrogens (tertiary/aromatic N) is 1. The summed E-state index contributed by atoms with van der Waals surface area (Å²) in [5.41, 5.74) is 7.21. The van der Waals surface area contributed by atoms with Crippen LogP contribution in [0.25, 0.3) is 5.57 Å². The minimum Gasteiger partial charge on any atom is -0.368 e. The largest absolute Gasteiger partial charge is 0.368 e. The van der Waals surface area contributed by atoms with Gasteiger partial charge in [0.25, 0.3) is 0 Å². The molecule has 0 radical (unpaired) electrons. The standard InChI is InChI=1S/C16H17N3O2S/c1-4-14(19-16(17)18)7-5-6-12(2)13-8-10-15(11-9-13)22(3,20)21/h1,5-11H,2-3H3,(H3,17,18)/b7-5-,12-6+,19-14?. The summed E-state index contributed by atoms with van der Waals surface area (Å²) in [4.78, 5) is 3.94. The minimum absolute atomic E-state index is 0.254. The van der Waals surface area contributed by atoms with Crippen LogP contribution in [0.2, 0.25) is 0 Å². The van der Waals surface area contributed by atoms with E-state index < -0.39 is 9.84 Å². The lowest BCUT2D eigenvalue weighted by Crippen LogP contribution is -2.08. The predicted octanol–water partition coefficient (Wildman–Crippen LogP) is 2.02. The highest BCUT2D eigenvalue weighted by Gasteiger charge is 2.06. The van der Waals surface area contributed by atoms with E-state index in [2.05, 4.69) is 10.9 Å². The van der Waals surface area contributed by atoms with Gasteiger partial charge in [0, 0.05) is 6.26 Å². The van der Waals surface area contributed by atoms with Crippen LogP contribution in [0.5, 0.6) is 0 Å². The van der Waals surface area contributed by atoms with Crippen LogP contribution in [0.15, 0.2) is 52.4 Å². The first-order chi connectivity index (χ1) is 10.2. The molecule has 1 aromatic rings. The molecule has 5 nitrogen and oxygen atoms in total. The molecule has 22 heavy (non-hydrogen) atoms. The molecular weight excluding hydrogens is 298 g/mol. The summed E-state index contributed by atoms with van der Waals surface area (Å²) in [6, 6.07) is 6.61. The molecule has 0 aliphatic carbocycles. The lowest BCUT2D eigenvalue weighted by Gasteiger charge is -2.02. The van der Waals surface area contributed by atoms with Crippen molar-refractivity contribution in [1.29, 1.82) is 5.41 Å². The summed E-state index contributed by atoms with van der Waals surface area (Å²) in [6.45, 7) is 1.89. The summed E-state index contributed by atoms with van der Waals surface area (Å²) in [6.07, 6.45) is 11.5. The molecule has 0 aromatic heterocycles. The van der Waals surface area contributed by atoms with E-state index in [1.54, 1.807) is 36.4 Å². The van der Waals surface area contributed by atoms with Gasteiger partial charge in [0.2, 0.25) is 5.96 Å². The quantitative estimate of drug-likeness (QED) is 0.385. The average molecular weight is 315 g/mol. The van der Waals surface area contributed by atoms with E-state index in [0.29, 0.717) is 0 Å². The van der Waals surface area contributed by atoms with E-state index in [1.807, 2.05) is 13.0 Å². The number of hydrogen-bond acceptors (Lipinski definition) is 3. The Labute approximate surface area is 130 Å². The predicted molar refractivity (Wildman–Crippen MR) is 90.5 cm³/mol. The topological polar surface area (TPSA) is 96.4 Å². The molecule has 6 heteroatoms. The smallest absolute Gasteiger partial charge is 0.213 e. The highest BCUT2D eigenvalue weighted by atomic mass is 32.2. The van der Waals surface area contributed by atoms with Crippen molar-refractivity contribution in [2.24, 2.45) is 10.7 Å². The monoisotopic (exact) mass is 315 g/mol. The molecule has 0 heterocycles. The first kappa shape index (κ1) is 17.4. The molecule has 0 atom stereocenters. The maximum Gasteiger partial charge on any atom is 0.213 e. The van der Waals surface area contributed by atoms with E-state index in [-0.39, 0.29) is 16.6 Å². The molecule has 1 aromatic carbocycles. The molecule has 0 aliphatic rings. The van der Waals surface area contributed by atoms with Crippen LogP contribution in [0, 0.1) is 17.8 Å². The van der Waals surface area contributed by atoms with Gasteiger partial charge in [-0.3, -0.25) is 5.41 Å². The normalized spacial score (nSPS) is 13.1. The molecule has 0 spiro atoms. The molecule has 3 N–H and O–H groups in total. The van der Waals surface area contributed by atoms with Crippen LogP contribution in [-0.2, 0) is 9.84 Å². The van der Waals surface area contributed by atoms with Crippen LogP contribution >= 0.6 is 0 Å². The van der Waals surface area contributed by atoms with Crippen LogP contribution in [0.3, 0.4) is 0 Å². The Bertz CT molecular complexity index is 793.